The SMILES string of the molecule is CC(C)(C)c1cc(C=N[C@H]2CCCC[C@@H]2/N=C/c2cc(C(C)(C)C)cc(C(C)(C)C)c2O)c(O)c(C(C)(C)C)c1. The van der Waals surface area contributed by atoms with Gasteiger partial charge in [0.15, 0.2) is 0 Å². The van der Waals surface area contributed by atoms with Crippen molar-refractivity contribution < 1.29 is 10.2 Å². The highest BCUT2D eigenvalue weighted by molar-refractivity contribution is 5.86. The van der Waals surface area contributed by atoms with Crippen LogP contribution in [-0.4, -0.2) is 34.7 Å². The van der Waals surface area contributed by atoms with Gasteiger partial charge in [0.05, 0.1) is 12.1 Å². The molecule has 2 aromatic rings. The molecular formula is C36H54N2O2. The lowest BCUT2D eigenvalue weighted by atomic mass is 9.79. The van der Waals surface area contributed by atoms with Crippen LogP contribution >= 0.6 is 0 Å². The lowest BCUT2D eigenvalue weighted by Gasteiger charge is -2.28. The normalized spacial score (nSPS) is 19.6. The second-order valence-electron chi connectivity index (χ2n) is 15.9. The number of aliphatic imine (C=N–C) groups is 2. The van der Waals surface area contributed by atoms with E-state index in [9.17, 15) is 10.2 Å². The Labute approximate surface area is 244 Å². The average molecular weight is 547 g/mol. The Bertz CT molecular complexity index is 1160. The Kier molecular flexibility index (Phi) is 9.04. The number of rotatable bonds is 4. The van der Waals surface area contributed by atoms with Crippen molar-refractivity contribution in [3.63, 3.8) is 0 Å². The molecule has 1 aliphatic rings. The summed E-state index contributed by atoms with van der Waals surface area (Å²) in [7, 11) is 0. The van der Waals surface area contributed by atoms with Gasteiger partial charge < -0.3 is 10.2 Å². The molecule has 0 aliphatic heterocycles. The molecule has 4 nitrogen and oxygen atoms in total. The predicted octanol–water partition coefficient (Wildman–Crippen LogP) is 9.14. The van der Waals surface area contributed by atoms with Crippen molar-refractivity contribution in [3.05, 3.63) is 57.6 Å². The van der Waals surface area contributed by atoms with Crippen LogP contribution in [-0.2, 0) is 21.7 Å². The molecule has 0 aromatic heterocycles. The molecule has 0 radical (unpaired) electrons. The summed E-state index contributed by atoms with van der Waals surface area (Å²) in [4.78, 5) is 10.1. The maximum absolute atomic E-state index is 11.2. The van der Waals surface area contributed by atoms with E-state index >= 15 is 0 Å². The van der Waals surface area contributed by atoms with Crippen molar-refractivity contribution in [2.45, 2.75) is 143 Å². The smallest absolute Gasteiger partial charge is 0.128 e. The van der Waals surface area contributed by atoms with Gasteiger partial charge in [-0.1, -0.05) is 108 Å². The van der Waals surface area contributed by atoms with Crippen LogP contribution in [0.3, 0.4) is 0 Å². The first kappa shape index (κ1) is 31.9. The zero-order chi connectivity index (χ0) is 30.3. The highest BCUT2D eigenvalue weighted by Gasteiger charge is 2.28. The van der Waals surface area contributed by atoms with E-state index in [-0.39, 0.29) is 33.7 Å². The molecule has 0 amide bonds. The molecule has 4 heteroatoms. The molecule has 1 aliphatic carbocycles. The predicted molar refractivity (Wildman–Crippen MR) is 172 cm³/mol. The maximum Gasteiger partial charge on any atom is 0.128 e. The third-order valence-electron chi connectivity index (χ3n) is 8.13. The van der Waals surface area contributed by atoms with Crippen molar-refractivity contribution in [2.75, 3.05) is 0 Å². The first-order valence-corrected chi connectivity index (χ1v) is 15.0. The van der Waals surface area contributed by atoms with Gasteiger partial charge in [-0.2, -0.15) is 0 Å². The molecule has 0 saturated heterocycles. The Morgan fingerprint density at radius 2 is 0.875 bits per heavy atom. The highest BCUT2D eigenvalue weighted by Crippen LogP contribution is 2.39. The fourth-order valence-electron chi connectivity index (χ4n) is 5.31. The first-order valence-electron chi connectivity index (χ1n) is 15.0. The topological polar surface area (TPSA) is 65.2 Å². The zero-order valence-electron chi connectivity index (χ0n) is 27.2. The molecular weight excluding hydrogens is 492 g/mol. The summed E-state index contributed by atoms with van der Waals surface area (Å²) < 4.78 is 0. The molecule has 40 heavy (non-hydrogen) atoms. The summed E-state index contributed by atoms with van der Waals surface area (Å²) in [6, 6.07) is 8.53. The quantitative estimate of drug-likeness (QED) is 0.376. The molecule has 3 rings (SSSR count). The van der Waals surface area contributed by atoms with Crippen molar-refractivity contribution in [1.82, 2.24) is 0 Å². The third kappa shape index (κ3) is 7.56. The number of benzene rings is 2. The highest BCUT2D eigenvalue weighted by atomic mass is 16.3. The van der Waals surface area contributed by atoms with Gasteiger partial charge in [0.2, 0.25) is 0 Å². The van der Waals surface area contributed by atoms with Crippen molar-refractivity contribution in [3.8, 4) is 11.5 Å². The van der Waals surface area contributed by atoms with Gasteiger partial charge in [-0.3, -0.25) is 9.98 Å². The first-order chi connectivity index (χ1) is 18.2. The Hall–Kier alpha value is -2.62. The van der Waals surface area contributed by atoms with E-state index in [1.165, 1.54) is 11.1 Å². The fraction of sp³-hybridized carbons (Fsp3) is 0.611. The van der Waals surface area contributed by atoms with Crippen LogP contribution < -0.4 is 0 Å². The van der Waals surface area contributed by atoms with E-state index in [4.69, 9.17) is 9.98 Å². The second kappa shape index (κ2) is 11.3. The summed E-state index contributed by atoms with van der Waals surface area (Å²) in [5.74, 6) is 0.637. The molecule has 1 fully saturated rings. The van der Waals surface area contributed by atoms with Gasteiger partial charge in [0, 0.05) is 34.7 Å². The molecule has 2 atom stereocenters. The average Bonchev–Trinajstić information content (AvgIpc) is 2.80. The molecule has 220 valence electrons. The molecule has 0 spiro atoms. The largest absolute Gasteiger partial charge is 0.507 e. The van der Waals surface area contributed by atoms with Crippen LogP contribution in [0.25, 0.3) is 0 Å². The molecule has 2 aromatic carbocycles. The fourth-order valence-corrected chi connectivity index (χ4v) is 5.31. The summed E-state index contributed by atoms with van der Waals surface area (Å²) in [5.41, 5.74) is 5.39. The lowest BCUT2D eigenvalue weighted by Crippen LogP contribution is -2.27. The monoisotopic (exact) mass is 546 g/mol. The van der Waals surface area contributed by atoms with E-state index in [0.717, 1.165) is 47.9 Å². The van der Waals surface area contributed by atoms with Crippen LogP contribution in [0.15, 0.2) is 34.3 Å². The number of phenols is 2. The van der Waals surface area contributed by atoms with E-state index < -0.39 is 0 Å². The Balaban J connectivity index is 2.00. The van der Waals surface area contributed by atoms with Crippen LogP contribution in [0.2, 0.25) is 0 Å². The van der Waals surface area contributed by atoms with E-state index in [1.54, 1.807) is 0 Å². The number of nitrogens with zero attached hydrogens (tertiary/aromatic N) is 2. The molecule has 0 unspecified atom stereocenters. The summed E-state index contributed by atoms with van der Waals surface area (Å²) >= 11 is 0. The summed E-state index contributed by atoms with van der Waals surface area (Å²) in [5, 5.41) is 22.5. The standard InChI is InChI=1S/C36H54N2O2/c1-33(2,3)25-17-23(31(39)27(19-25)35(7,8)9)21-37-29-15-13-14-16-30(29)38-22-24-18-26(34(4,5)6)20-28(32(24)40)36(10,11)12/h17-22,29-30,39-40H,13-16H2,1-12H3/b37-21+,38-22?/t29-,30-/m0/s1. The molecule has 2 N–H and O–H groups in total. The van der Waals surface area contributed by atoms with Gasteiger partial charge in [-0.25, -0.2) is 0 Å². The van der Waals surface area contributed by atoms with Crippen LogP contribution in [0, 0.1) is 0 Å². The third-order valence-corrected chi connectivity index (χ3v) is 8.13. The minimum Gasteiger partial charge on any atom is -0.507 e. The van der Waals surface area contributed by atoms with Crippen molar-refractivity contribution >= 4 is 12.4 Å². The minimum absolute atomic E-state index is 0.0378. The minimum atomic E-state index is -0.179. The van der Waals surface area contributed by atoms with Gasteiger partial charge in [-0.15, -0.1) is 0 Å². The van der Waals surface area contributed by atoms with Gasteiger partial charge >= 0.3 is 0 Å². The number of hydrogen-bond donors (Lipinski definition) is 2. The van der Waals surface area contributed by atoms with Gasteiger partial charge in [-0.05, 0) is 57.8 Å². The second-order valence-corrected chi connectivity index (χ2v) is 15.9. The summed E-state index contributed by atoms with van der Waals surface area (Å²) in [6.07, 6.45) is 7.90. The van der Waals surface area contributed by atoms with E-state index in [1.807, 2.05) is 12.4 Å². The van der Waals surface area contributed by atoms with Gasteiger partial charge in [0.1, 0.15) is 11.5 Å². The Morgan fingerprint density at radius 3 is 1.15 bits per heavy atom. The van der Waals surface area contributed by atoms with Crippen molar-refractivity contribution in [1.29, 1.82) is 0 Å². The number of phenolic OH excluding ortho intramolecular Hbond substituents is 2. The van der Waals surface area contributed by atoms with E-state index in [2.05, 4.69) is 107 Å². The van der Waals surface area contributed by atoms with Crippen LogP contribution in [0.5, 0.6) is 11.5 Å². The number of aromatic hydroxyl groups is 2. The molecule has 0 heterocycles. The Morgan fingerprint density at radius 1 is 0.550 bits per heavy atom. The maximum atomic E-state index is 11.2. The van der Waals surface area contributed by atoms with Crippen LogP contribution in [0.4, 0.5) is 0 Å². The summed E-state index contributed by atoms with van der Waals surface area (Å²) in [6.45, 7) is 26.0. The lowest BCUT2D eigenvalue weighted by molar-refractivity contribution is 0.389. The van der Waals surface area contributed by atoms with Gasteiger partial charge in [0.25, 0.3) is 0 Å². The van der Waals surface area contributed by atoms with Crippen molar-refractivity contribution in [2.24, 2.45) is 9.98 Å². The van der Waals surface area contributed by atoms with E-state index in [0.29, 0.717) is 11.5 Å². The zero-order valence-corrected chi connectivity index (χ0v) is 27.2. The van der Waals surface area contributed by atoms with Crippen LogP contribution in [0.1, 0.15) is 142 Å². The molecule has 1 saturated carbocycles. The molecule has 0 bridgehead atoms. The number of hydrogen-bond acceptors (Lipinski definition) is 4.